The molecule has 0 unspecified atom stereocenters. The number of hydrogen-bond donors (Lipinski definition) is 1. The molecule has 1 atom stereocenters. The first-order valence-electron chi connectivity index (χ1n) is 13.2. The molecule has 0 saturated carbocycles. The van der Waals surface area contributed by atoms with Crippen LogP contribution in [-0.4, -0.2) is 57.5 Å². The summed E-state index contributed by atoms with van der Waals surface area (Å²) in [5.41, 5.74) is 1.01. The van der Waals surface area contributed by atoms with Gasteiger partial charge in [0.1, 0.15) is 24.1 Å². The van der Waals surface area contributed by atoms with Crippen molar-refractivity contribution in [2.75, 3.05) is 24.6 Å². The quantitative estimate of drug-likeness (QED) is 0.281. The fraction of sp³-hybridized carbons (Fsp3) is 0.333. The predicted octanol–water partition coefficient (Wildman–Crippen LogP) is 4.99. The molecule has 0 spiro atoms. The summed E-state index contributed by atoms with van der Waals surface area (Å²) in [6, 6.07) is 18.8. The number of sulfonamides is 1. The van der Waals surface area contributed by atoms with Gasteiger partial charge in [-0.25, -0.2) is 8.42 Å². The number of ether oxygens (including phenoxy) is 2. The lowest BCUT2D eigenvalue weighted by atomic mass is 10.1. The van der Waals surface area contributed by atoms with Crippen molar-refractivity contribution in [3.05, 3.63) is 82.8 Å². The van der Waals surface area contributed by atoms with Crippen molar-refractivity contribution >= 4 is 43.5 Å². The van der Waals surface area contributed by atoms with Gasteiger partial charge in [-0.1, -0.05) is 28.1 Å². The van der Waals surface area contributed by atoms with Crippen molar-refractivity contribution in [2.24, 2.45) is 0 Å². The highest BCUT2D eigenvalue weighted by molar-refractivity contribution is 9.10. The zero-order valence-electron chi connectivity index (χ0n) is 23.8. The number of methoxy groups -OCH3 is 1. The monoisotopic (exact) mass is 645 g/mol. The number of nitrogens with one attached hydrogen (secondary N) is 1. The number of benzene rings is 3. The molecule has 3 aromatic rings. The molecule has 41 heavy (non-hydrogen) atoms. The van der Waals surface area contributed by atoms with Gasteiger partial charge in [-0.3, -0.25) is 13.9 Å². The summed E-state index contributed by atoms with van der Waals surface area (Å²) < 4.78 is 40.4. The molecule has 0 heterocycles. The Morgan fingerprint density at radius 2 is 1.61 bits per heavy atom. The second-order valence-corrected chi connectivity index (χ2v) is 12.4. The van der Waals surface area contributed by atoms with Gasteiger partial charge in [0.2, 0.25) is 11.8 Å². The molecule has 0 aliphatic rings. The minimum Gasteiger partial charge on any atom is -0.497 e. The van der Waals surface area contributed by atoms with Crippen molar-refractivity contribution in [1.82, 2.24) is 10.2 Å². The molecule has 0 aliphatic carbocycles. The van der Waals surface area contributed by atoms with Crippen LogP contribution in [0.3, 0.4) is 0 Å². The zero-order chi connectivity index (χ0) is 30.2. The molecule has 220 valence electrons. The van der Waals surface area contributed by atoms with E-state index in [0.717, 1.165) is 14.3 Å². The smallest absolute Gasteiger partial charge is 0.264 e. The molecule has 0 aliphatic heterocycles. The molecule has 0 radical (unpaired) electrons. The van der Waals surface area contributed by atoms with Crippen LogP contribution in [0.1, 0.15) is 33.3 Å². The third-order valence-electron chi connectivity index (χ3n) is 6.20. The largest absolute Gasteiger partial charge is 0.497 e. The third kappa shape index (κ3) is 8.46. The highest BCUT2D eigenvalue weighted by atomic mass is 79.9. The summed E-state index contributed by atoms with van der Waals surface area (Å²) in [4.78, 5) is 28.4. The highest BCUT2D eigenvalue weighted by Crippen LogP contribution is 2.27. The maximum atomic E-state index is 14.0. The Labute approximate surface area is 250 Å². The number of halogens is 1. The lowest BCUT2D eigenvalue weighted by molar-refractivity contribution is -0.139. The minimum atomic E-state index is -4.17. The van der Waals surface area contributed by atoms with E-state index in [2.05, 4.69) is 21.2 Å². The molecular formula is C30H36BrN3O6S. The van der Waals surface area contributed by atoms with Gasteiger partial charge in [-0.15, -0.1) is 0 Å². The van der Waals surface area contributed by atoms with Crippen LogP contribution < -0.4 is 19.1 Å². The summed E-state index contributed by atoms with van der Waals surface area (Å²) in [6.45, 7) is 7.13. The molecule has 2 amide bonds. The maximum Gasteiger partial charge on any atom is 0.264 e. The average molecular weight is 647 g/mol. The van der Waals surface area contributed by atoms with Crippen LogP contribution in [0, 0.1) is 0 Å². The second kappa shape index (κ2) is 14.4. The van der Waals surface area contributed by atoms with Gasteiger partial charge in [0.15, 0.2) is 0 Å². The maximum absolute atomic E-state index is 14.0. The Morgan fingerprint density at radius 1 is 0.951 bits per heavy atom. The van der Waals surface area contributed by atoms with E-state index >= 15 is 0 Å². The lowest BCUT2D eigenvalue weighted by Crippen LogP contribution is -2.52. The van der Waals surface area contributed by atoms with Crippen LogP contribution in [0.5, 0.6) is 11.5 Å². The molecule has 0 saturated heterocycles. The molecule has 0 bridgehead atoms. The highest BCUT2D eigenvalue weighted by Gasteiger charge is 2.32. The zero-order valence-corrected chi connectivity index (χ0v) is 26.2. The molecular weight excluding hydrogens is 610 g/mol. The van der Waals surface area contributed by atoms with Gasteiger partial charge >= 0.3 is 0 Å². The minimum absolute atomic E-state index is 0.0207. The van der Waals surface area contributed by atoms with Crippen molar-refractivity contribution in [3.8, 4) is 11.5 Å². The summed E-state index contributed by atoms with van der Waals surface area (Å²) in [5.74, 6) is 0.277. The Kier molecular flexibility index (Phi) is 11.2. The van der Waals surface area contributed by atoms with Gasteiger partial charge in [0, 0.05) is 17.1 Å². The number of amides is 2. The lowest BCUT2D eigenvalue weighted by Gasteiger charge is -2.32. The molecule has 0 aromatic heterocycles. The van der Waals surface area contributed by atoms with Crippen LogP contribution in [-0.2, 0) is 26.2 Å². The van der Waals surface area contributed by atoms with Crippen LogP contribution in [0.2, 0.25) is 0 Å². The molecule has 11 heteroatoms. The summed E-state index contributed by atoms with van der Waals surface area (Å²) in [7, 11) is -2.63. The normalized spacial score (nSPS) is 12.0. The van der Waals surface area contributed by atoms with E-state index in [-0.39, 0.29) is 29.1 Å². The van der Waals surface area contributed by atoms with E-state index in [1.165, 1.54) is 17.0 Å². The van der Waals surface area contributed by atoms with E-state index in [0.29, 0.717) is 18.1 Å². The summed E-state index contributed by atoms with van der Waals surface area (Å²) >= 11 is 3.33. The fourth-order valence-electron chi connectivity index (χ4n) is 4.09. The number of anilines is 1. The number of carbonyl (C=O) groups is 2. The van der Waals surface area contributed by atoms with E-state index < -0.39 is 28.5 Å². The van der Waals surface area contributed by atoms with Crippen molar-refractivity contribution in [2.45, 2.75) is 51.2 Å². The third-order valence-corrected chi connectivity index (χ3v) is 8.52. The standard InChI is InChI=1S/C30H36BrN3O6S/c1-6-40-26-14-12-25(13-15-26)34(41(37,38)28-16-10-24(31)11-17-28)20-29(35)33(22(4)30(36)32-21(2)3)19-23-8-7-9-27(18-23)39-5/h7-18,21-22H,6,19-20H2,1-5H3,(H,32,36)/t22-/m0/s1. The Bertz CT molecular complexity index is 1430. The van der Waals surface area contributed by atoms with Crippen LogP contribution in [0.15, 0.2) is 82.2 Å². The first-order valence-corrected chi connectivity index (χ1v) is 15.4. The number of rotatable bonds is 13. The fourth-order valence-corrected chi connectivity index (χ4v) is 5.77. The van der Waals surface area contributed by atoms with Crippen LogP contribution in [0.25, 0.3) is 0 Å². The van der Waals surface area contributed by atoms with Crippen molar-refractivity contribution < 1.29 is 27.5 Å². The first-order chi connectivity index (χ1) is 19.5. The number of nitrogens with zero attached hydrogens (tertiary/aromatic N) is 2. The molecule has 9 nitrogen and oxygen atoms in total. The topological polar surface area (TPSA) is 105 Å². The first kappa shape index (κ1) is 32.0. The van der Waals surface area contributed by atoms with Crippen molar-refractivity contribution in [1.29, 1.82) is 0 Å². The number of hydrogen-bond acceptors (Lipinski definition) is 6. The van der Waals surface area contributed by atoms with E-state index in [1.807, 2.05) is 26.8 Å². The Balaban J connectivity index is 2.04. The van der Waals surface area contributed by atoms with E-state index in [9.17, 15) is 18.0 Å². The summed E-state index contributed by atoms with van der Waals surface area (Å²) in [5, 5.41) is 2.84. The SMILES string of the molecule is CCOc1ccc(N(CC(=O)N(Cc2cccc(OC)c2)[C@@H](C)C(=O)NC(C)C)S(=O)(=O)c2ccc(Br)cc2)cc1. The number of carbonyl (C=O) groups excluding carboxylic acids is 2. The van der Waals surface area contributed by atoms with E-state index in [1.54, 1.807) is 68.6 Å². The van der Waals surface area contributed by atoms with Crippen LogP contribution >= 0.6 is 15.9 Å². The van der Waals surface area contributed by atoms with Gasteiger partial charge in [0.05, 0.1) is 24.3 Å². The molecule has 3 aromatic carbocycles. The molecule has 3 rings (SSSR count). The molecule has 0 fully saturated rings. The van der Waals surface area contributed by atoms with Gasteiger partial charge in [-0.2, -0.15) is 0 Å². The van der Waals surface area contributed by atoms with Gasteiger partial charge in [-0.05, 0) is 93.9 Å². The second-order valence-electron chi connectivity index (χ2n) is 9.60. The Morgan fingerprint density at radius 3 is 2.20 bits per heavy atom. The van der Waals surface area contributed by atoms with Crippen molar-refractivity contribution in [3.63, 3.8) is 0 Å². The van der Waals surface area contributed by atoms with Crippen LogP contribution in [0.4, 0.5) is 5.69 Å². The Hall–Kier alpha value is -3.57. The predicted molar refractivity (Wildman–Crippen MR) is 163 cm³/mol. The molecule has 1 N–H and O–H groups in total. The average Bonchev–Trinajstić information content (AvgIpc) is 2.94. The van der Waals surface area contributed by atoms with Gasteiger partial charge in [0.25, 0.3) is 10.0 Å². The van der Waals surface area contributed by atoms with Gasteiger partial charge < -0.3 is 19.7 Å². The van der Waals surface area contributed by atoms with E-state index in [4.69, 9.17) is 9.47 Å². The summed E-state index contributed by atoms with van der Waals surface area (Å²) in [6.07, 6.45) is 0.